The first kappa shape index (κ1) is 37.1. The molecule has 0 heterocycles. The summed E-state index contributed by atoms with van der Waals surface area (Å²) in [4.78, 5) is 13.2. The minimum atomic E-state index is -1.90. The average Bonchev–Trinajstić information content (AvgIpc) is 3.55. The van der Waals surface area contributed by atoms with Crippen molar-refractivity contribution in [3.63, 3.8) is 0 Å². The van der Waals surface area contributed by atoms with Gasteiger partial charge >= 0.3 is 5.97 Å². The summed E-state index contributed by atoms with van der Waals surface area (Å²) in [5.74, 6) is 1.60. The van der Waals surface area contributed by atoms with Crippen LogP contribution >= 0.6 is 0 Å². The molecule has 6 atom stereocenters. The monoisotopic (exact) mass is 658 g/mol. The molecule has 4 aliphatic carbocycles. The second kappa shape index (κ2) is 14.0. The van der Waals surface area contributed by atoms with Crippen molar-refractivity contribution in [1.29, 1.82) is 0 Å². The zero-order valence-corrected chi connectivity index (χ0v) is 33.4. The van der Waals surface area contributed by atoms with E-state index in [1.807, 2.05) is 0 Å². The van der Waals surface area contributed by atoms with E-state index in [2.05, 4.69) is 93.7 Å². The summed E-state index contributed by atoms with van der Waals surface area (Å²) >= 11 is 0. The van der Waals surface area contributed by atoms with Crippen LogP contribution in [0.4, 0.5) is 0 Å². The molecule has 0 radical (unpaired) electrons. The highest BCUT2D eigenvalue weighted by atomic mass is 28.4. The molecule has 4 nitrogen and oxygen atoms in total. The highest BCUT2D eigenvalue weighted by Gasteiger charge is 2.52. The molecule has 0 spiro atoms. The zero-order valence-electron chi connectivity index (χ0n) is 31.4. The normalized spacial score (nSPS) is 32.1. The van der Waals surface area contributed by atoms with Gasteiger partial charge in [-0.1, -0.05) is 91.5 Å². The van der Waals surface area contributed by atoms with Crippen LogP contribution in [0.15, 0.2) is 23.3 Å². The molecule has 0 N–H and O–H groups in total. The number of ether oxygens (including phenoxy) is 1. The third-order valence-corrected chi connectivity index (χ3v) is 22.6. The number of hydrogen-bond acceptors (Lipinski definition) is 4. The summed E-state index contributed by atoms with van der Waals surface area (Å²) < 4.78 is 20.1. The maximum absolute atomic E-state index is 13.2. The first-order chi connectivity index (χ1) is 20.7. The molecule has 4 rings (SSSR count). The first-order valence-corrected chi connectivity index (χ1v) is 24.5. The topological polar surface area (TPSA) is 44.8 Å². The molecule has 0 aliphatic heterocycles. The average molecular weight is 659 g/mol. The molecule has 45 heavy (non-hydrogen) atoms. The molecule has 6 heteroatoms. The van der Waals surface area contributed by atoms with Crippen LogP contribution in [0.3, 0.4) is 0 Å². The van der Waals surface area contributed by atoms with Crippen LogP contribution < -0.4 is 0 Å². The number of carbonyl (C=O) groups is 1. The van der Waals surface area contributed by atoms with E-state index in [9.17, 15) is 4.79 Å². The van der Waals surface area contributed by atoms with Crippen molar-refractivity contribution in [2.45, 2.75) is 181 Å². The van der Waals surface area contributed by atoms with Crippen molar-refractivity contribution in [3.05, 3.63) is 23.3 Å². The van der Waals surface area contributed by atoms with Crippen LogP contribution in [-0.2, 0) is 18.4 Å². The van der Waals surface area contributed by atoms with Crippen LogP contribution in [0.2, 0.25) is 36.3 Å². The summed E-state index contributed by atoms with van der Waals surface area (Å²) in [6, 6.07) is 0. The lowest BCUT2D eigenvalue weighted by Crippen LogP contribution is -2.48. The van der Waals surface area contributed by atoms with Crippen LogP contribution in [-0.4, -0.2) is 41.4 Å². The number of carbonyl (C=O) groups excluding carboxylic acids is 1. The van der Waals surface area contributed by atoms with E-state index in [1.165, 1.54) is 56.9 Å². The lowest BCUT2D eigenvalue weighted by Gasteiger charge is -2.45. The zero-order chi connectivity index (χ0) is 33.4. The molecule has 0 aromatic rings. The van der Waals surface area contributed by atoms with Gasteiger partial charge < -0.3 is 13.6 Å². The van der Waals surface area contributed by atoms with Gasteiger partial charge in [-0.2, -0.15) is 0 Å². The molecule has 4 fully saturated rings. The van der Waals surface area contributed by atoms with Gasteiger partial charge in [0.15, 0.2) is 16.6 Å². The van der Waals surface area contributed by atoms with E-state index < -0.39 is 16.6 Å². The third-order valence-electron chi connectivity index (χ3n) is 13.5. The largest absolute Gasteiger partial charge is 0.465 e. The van der Waals surface area contributed by atoms with Gasteiger partial charge in [-0.05, 0) is 124 Å². The number of esters is 1. The molecular weight excluding hydrogens is 589 g/mol. The fraction of sp³-hybridized carbons (Fsp3) is 0.872. The smallest absolute Gasteiger partial charge is 0.308 e. The fourth-order valence-corrected chi connectivity index (χ4v) is 11.4. The highest BCUT2D eigenvalue weighted by molar-refractivity contribution is 6.74. The van der Waals surface area contributed by atoms with E-state index in [4.69, 9.17) is 13.6 Å². The van der Waals surface area contributed by atoms with Gasteiger partial charge in [0.05, 0.1) is 24.7 Å². The maximum Gasteiger partial charge on any atom is 0.308 e. The van der Waals surface area contributed by atoms with Gasteiger partial charge in [0.25, 0.3) is 0 Å². The van der Waals surface area contributed by atoms with Crippen molar-refractivity contribution in [2.24, 2.45) is 29.1 Å². The van der Waals surface area contributed by atoms with E-state index in [0.29, 0.717) is 24.4 Å². The van der Waals surface area contributed by atoms with Crippen LogP contribution in [0, 0.1) is 29.1 Å². The number of hydrogen-bond donors (Lipinski definition) is 0. The molecule has 258 valence electrons. The second-order valence-electron chi connectivity index (χ2n) is 18.9. The highest BCUT2D eigenvalue weighted by Crippen LogP contribution is 2.59. The standard InChI is InChI=1S/C39H70O4Si2/c1-28(36(40)41-27-29-16-13-14-17-29)34-21-22-35-31(18-15-23-39(34,35)8)20-19-30-24-32(42-44(9,10)37(2,3)4)26-33(25-30)43-45(11,12)38(5,6)7/h19-20,28-29,32-35H,13-18,21-27H2,1-12H3/b31-20+/t28-,32+,33+,34+,35-,39+/m0/s1. The van der Waals surface area contributed by atoms with Gasteiger partial charge in [0, 0.05) is 0 Å². The predicted octanol–water partition coefficient (Wildman–Crippen LogP) is 11.4. The Kier molecular flexibility index (Phi) is 11.6. The Morgan fingerprint density at radius 1 is 0.867 bits per heavy atom. The van der Waals surface area contributed by atoms with Crippen molar-refractivity contribution in [3.8, 4) is 0 Å². The van der Waals surface area contributed by atoms with Gasteiger partial charge in [-0.25, -0.2) is 0 Å². The maximum atomic E-state index is 13.2. The summed E-state index contributed by atoms with van der Waals surface area (Å²) in [5, 5.41) is 0.384. The third kappa shape index (κ3) is 8.67. The van der Waals surface area contributed by atoms with E-state index in [1.54, 1.807) is 5.57 Å². The first-order valence-electron chi connectivity index (χ1n) is 18.6. The Balaban J connectivity index is 1.50. The lowest BCUT2D eigenvalue weighted by molar-refractivity contribution is -0.153. The van der Waals surface area contributed by atoms with Gasteiger partial charge in [-0.15, -0.1) is 0 Å². The molecule has 4 saturated carbocycles. The Hall–Kier alpha value is -0.696. The molecule has 0 unspecified atom stereocenters. The number of fused-ring (bicyclic) bond motifs is 1. The number of rotatable bonds is 9. The van der Waals surface area contributed by atoms with Crippen LogP contribution in [0.1, 0.15) is 132 Å². The van der Waals surface area contributed by atoms with Crippen molar-refractivity contribution < 1.29 is 18.4 Å². The molecule has 0 aromatic heterocycles. The molecular formula is C39H70O4Si2. The van der Waals surface area contributed by atoms with E-state index in [-0.39, 0.29) is 39.6 Å². The second-order valence-corrected chi connectivity index (χ2v) is 28.4. The van der Waals surface area contributed by atoms with Crippen LogP contribution in [0.5, 0.6) is 0 Å². The molecule has 0 aromatic carbocycles. The summed E-state index contributed by atoms with van der Waals surface area (Å²) in [7, 11) is -3.79. The Morgan fingerprint density at radius 3 is 1.96 bits per heavy atom. The van der Waals surface area contributed by atoms with Crippen molar-refractivity contribution in [2.75, 3.05) is 6.61 Å². The molecule has 4 aliphatic rings. The van der Waals surface area contributed by atoms with E-state index in [0.717, 1.165) is 25.7 Å². The minimum absolute atomic E-state index is 0.0149. The molecule has 0 amide bonds. The quantitative estimate of drug-likeness (QED) is 0.183. The number of allylic oxidation sites excluding steroid dienone is 3. The van der Waals surface area contributed by atoms with Gasteiger partial charge in [0.2, 0.25) is 0 Å². The summed E-state index contributed by atoms with van der Waals surface area (Å²) in [6.07, 6.45) is 19.5. The Morgan fingerprint density at radius 2 is 1.42 bits per heavy atom. The Bertz CT molecular complexity index is 1050. The minimum Gasteiger partial charge on any atom is -0.465 e. The summed E-state index contributed by atoms with van der Waals surface area (Å²) in [6.45, 7) is 28.9. The Labute approximate surface area is 280 Å². The lowest BCUT2D eigenvalue weighted by atomic mass is 9.61. The summed E-state index contributed by atoms with van der Waals surface area (Å²) in [5.41, 5.74) is 3.29. The van der Waals surface area contributed by atoms with E-state index >= 15 is 0 Å². The van der Waals surface area contributed by atoms with Crippen LogP contribution in [0.25, 0.3) is 0 Å². The SMILES string of the molecule is C[C@H](C(=O)OCC1CCCC1)[C@H]1CC[C@H]2/C(=C/C=C3C[C@@H](O[Si](C)(C)C(C)(C)C)C[C@H](O[Si](C)(C)C(C)(C)C)C3)CCC[C@]12C. The fourth-order valence-electron chi connectivity index (χ4n) is 8.63. The van der Waals surface area contributed by atoms with Gasteiger partial charge in [0.1, 0.15) is 0 Å². The molecule has 0 saturated heterocycles. The predicted molar refractivity (Wildman–Crippen MR) is 194 cm³/mol. The van der Waals surface area contributed by atoms with Crippen molar-refractivity contribution in [1.82, 2.24) is 0 Å². The van der Waals surface area contributed by atoms with Crippen molar-refractivity contribution >= 4 is 22.6 Å². The van der Waals surface area contributed by atoms with Gasteiger partial charge in [-0.3, -0.25) is 4.79 Å². The molecule has 0 bridgehead atoms.